The van der Waals surface area contributed by atoms with Gasteiger partial charge < -0.3 is 20.7 Å². The van der Waals surface area contributed by atoms with Crippen molar-refractivity contribution in [2.75, 3.05) is 36.5 Å². The van der Waals surface area contributed by atoms with E-state index >= 15 is 0 Å². The molecule has 0 aromatic heterocycles. The molecule has 0 radical (unpaired) electrons. The minimum Gasteiger partial charge on any atom is -0.378 e. The Labute approximate surface area is 120 Å². The van der Waals surface area contributed by atoms with E-state index in [1.807, 2.05) is 31.2 Å². The van der Waals surface area contributed by atoms with Gasteiger partial charge in [-0.3, -0.25) is 4.79 Å². The van der Waals surface area contributed by atoms with Crippen LogP contribution in [0.5, 0.6) is 0 Å². The fraction of sp³-hybridized carbons (Fsp3) is 0.533. The Hall–Kier alpha value is -1.59. The molecule has 1 fully saturated rings. The highest BCUT2D eigenvalue weighted by Gasteiger charge is 2.16. The quantitative estimate of drug-likeness (QED) is 0.857. The van der Waals surface area contributed by atoms with Crippen molar-refractivity contribution in [1.82, 2.24) is 0 Å². The number of carbonyl (C=O) groups is 1. The van der Waals surface area contributed by atoms with Gasteiger partial charge in [0.25, 0.3) is 0 Å². The van der Waals surface area contributed by atoms with Crippen molar-refractivity contribution in [1.29, 1.82) is 0 Å². The van der Waals surface area contributed by atoms with E-state index in [4.69, 9.17) is 10.5 Å². The molecule has 1 aromatic carbocycles. The number of nitrogens with zero attached hydrogens (tertiary/aromatic N) is 1. The van der Waals surface area contributed by atoms with Crippen LogP contribution in [0.15, 0.2) is 24.3 Å². The summed E-state index contributed by atoms with van der Waals surface area (Å²) in [5, 5.41) is 2.97. The van der Waals surface area contributed by atoms with Gasteiger partial charge in [0.05, 0.1) is 24.6 Å². The molecular formula is C15H23N3O2. The van der Waals surface area contributed by atoms with Crippen LogP contribution in [0.2, 0.25) is 0 Å². The molecule has 0 spiro atoms. The molecule has 1 atom stereocenters. The van der Waals surface area contributed by atoms with Crippen molar-refractivity contribution in [2.24, 2.45) is 5.73 Å². The maximum Gasteiger partial charge on any atom is 0.225 e. The summed E-state index contributed by atoms with van der Waals surface area (Å²) in [4.78, 5) is 14.2. The highest BCUT2D eigenvalue weighted by Crippen LogP contribution is 2.26. The van der Waals surface area contributed by atoms with Crippen LogP contribution in [0.1, 0.15) is 19.8 Å². The number of amides is 1. The van der Waals surface area contributed by atoms with Crippen LogP contribution in [-0.4, -0.2) is 38.3 Å². The number of hydrogen-bond acceptors (Lipinski definition) is 4. The fourth-order valence-corrected chi connectivity index (χ4v) is 2.24. The van der Waals surface area contributed by atoms with Gasteiger partial charge in [0.15, 0.2) is 0 Å². The third-order valence-corrected chi connectivity index (χ3v) is 3.50. The topological polar surface area (TPSA) is 67.6 Å². The molecule has 3 N–H and O–H groups in total. The molecule has 1 unspecified atom stereocenters. The van der Waals surface area contributed by atoms with Gasteiger partial charge in [-0.1, -0.05) is 19.1 Å². The Kier molecular flexibility index (Phi) is 5.38. The molecule has 0 bridgehead atoms. The number of ether oxygens (including phenoxy) is 1. The number of hydrogen-bond donors (Lipinski definition) is 2. The maximum atomic E-state index is 12.0. The van der Waals surface area contributed by atoms with Crippen molar-refractivity contribution in [3.05, 3.63) is 24.3 Å². The lowest BCUT2D eigenvalue weighted by Gasteiger charge is -2.30. The molecule has 5 heteroatoms. The Morgan fingerprint density at radius 3 is 2.80 bits per heavy atom. The minimum atomic E-state index is -0.0782. The van der Waals surface area contributed by atoms with Crippen LogP contribution in [0.25, 0.3) is 0 Å². The van der Waals surface area contributed by atoms with E-state index in [0.717, 1.165) is 44.1 Å². The van der Waals surface area contributed by atoms with E-state index in [1.165, 1.54) is 0 Å². The van der Waals surface area contributed by atoms with Gasteiger partial charge in [-0.15, -0.1) is 0 Å². The van der Waals surface area contributed by atoms with Gasteiger partial charge in [-0.25, -0.2) is 0 Å². The standard InChI is InChI=1S/C15H23N3O2/c1-2-12(16)11-15(19)17-13-5-3-4-6-14(13)18-7-9-20-10-8-18/h3-6,12H,2,7-11,16H2,1H3,(H,17,19). The molecule has 1 heterocycles. The van der Waals surface area contributed by atoms with Crippen LogP contribution in [0, 0.1) is 0 Å². The summed E-state index contributed by atoms with van der Waals surface area (Å²) < 4.78 is 5.36. The van der Waals surface area contributed by atoms with Crippen molar-refractivity contribution in [3.63, 3.8) is 0 Å². The zero-order valence-corrected chi connectivity index (χ0v) is 12.0. The normalized spacial score (nSPS) is 16.8. The molecule has 1 aliphatic rings. The molecule has 1 aromatic rings. The lowest BCUT2D eigenvalue weighted by molar-refractivity contribution is -0.116. The van der Waals surface area contributed by atoms with Gasteiger partial charge in [0, 0.05) is 25.6 Å². The first-order valence-corrected chi connectivity index (χ1v) is 7.18. The molecule has 5 nitrogen and oxygen atoms in total. The van der Waals surface area contributed by atoms with Crippen LogP contribution >= 0.6 is 0 Å². The third kappa shape index (κ3) is 3.95. The molecule has 1 aliphatic heterocycles. The SMILES string of the molecule is CCC(N)CC(=O)Nc1ccccc1N1CCOCC1. The first-order valence-electron chi connectivity index (χ1n) is 7.18. The molecule has 20 heavy (non-hydrogen) atoms. The van der Waals surface area contributed by atoms with E-state index in [2.05, 4.69) is 10.2 Å². The van der Waals surface area contributed by atoms with E-state index in [0.29, 0.717) is 6.42 Å². The number of benzene rings is 1. The van der Waals surface area contributed by atoms with Crippen LogP contribution in [0.3, 0.4) is 0 Å². The van der Waals surface area contributed by atoms with Crippen molar-refractivity contribution in [3.8, 4) is 0 Å². The number of anilines is 2. The zero-order valence-electron chi connectivity index (χ0n) is 12.0. The maximum absolute atomic E-state index is 12.0. The number of rotatable bonds is 5. The second-order valence-corrected chi connectivity index (χ2v) is 5.04. The third-order valence-electron chi connectivity index (χ3n) is 3.50. The van der Waals surface area contributed by atoms with Crippen molar-refractivity contribution >= 4 is 17.3 Å². The largest absolute Gasteiger partial charge is 0.378 e. The minimum absolute atomic E-state index is 0.0277. The summed E-state index contributed by atoms with van der Waals surface area (Å²) in [7, 11) is 0. The monoisotopic (exact) mass is 277 g/mol. The Balaban J connectivity index is 2.05. The van der Waals surface area contributed by atoms with Gasteiger partial charge >= 0.3 is 0 Å². The van der Waals surface area contributed by atoms with E-state index in [-0.39, 0.29) is 11.9 Å². The molecule has 0 saturated carbocycles. The van der Waals surface area contributed by atoms with E-state index in [9.17, 15) is 4.79 Å². The summed E-state index contributed by atoms with van der Waals surface area (Å²) >= 11 is 0. The predicted molar refractivity (Wildman–Crippen MR) is 81.0 cm³/mol. The van der Waals surface area contributed by atoms with Crippen LogP contribution in [0.4, 0.5) is 11.4 Å². The van der Waals surface area contributed by atoms with Gasteiger partial charge in [0.2, 0.25) is 5.91 Å². The molecule has 2 rings (SSSR count). The summed E-state index contributed by atoms with van der Waals surface area (Å²) in [6.45, 7) is 5.13. The average Bonchev–Trinajstić information content (AvgIpc) is 2.48. The number of carbonyl (C=O) groups excluding carboxylic acids is 1. The lowest BCUT2D eigenvalue weighted by Crippen LogP contribution is -2.37. The first-order chi connectivity index (χ1) is 9.70. The number of morpholine rings is 1. The number of nitrogens with two attached hydrogens (primary N) is 1. The molecule has 0 aliphatic carbocycles. The van der Waals surface area contributed by atoms with Crippen molar-refractivity contribution in [2.45, 2.75) is 25.8 Å². The van der Waals surface area contributed by atoms with E-state index in [1.54, 1.807) is 0 Å². The fourth-order valence-electron chi connectivity index (χ4n) is 2.24. The lowest BCUT2D eigenvalue weighted by atomic mass is 10.1. The van der Waals surface area contributed by atoms with Crippen molar-refractivity contribution < 1.29 is 9.53 Å². The summed E-state index contributed by atoms with van der Waals surface area (Å²) in [6.07, 6.45) is 1.16. The van der Waals surface area contributed by atoms with Crippen LogP contribution in [-0.2, 0) is 9.53 Å². The predicted octanol–water partition coefficient (Wildman–Crippen LogP) is 1.59. The molecule has 1 amide bonds. The number of nitrogens with one attached hydrogen (secondary N) is 1. The van der Waals surface area contributed by atoms with Gasteiger partial charge in [0.1, 0.15) is 0 Å². The Morgan fingerprint density at radius 1 is 1.40 bits per heavy atom. The number of para-hydroxylation sites is 2. The van der Waals surface area contributed by atoms with Gasteiger partial charge in [-0.2, -0.15) is 0 Å². The average molecular weight is 277 g/mol. The summed E-state index contributed by atoms with van der Waals surface area (Å²) in [6, 6.07) is 7.80. The zero-order chi connectivity index (χ0) is 14.4. The van der Waals surface area contributed by atoms with Crippen LogP contribution < -0.4 is 16.0 Å². The first kappa shape index (κ1) is 14.8. The molecule has 1 saturated heterocycles. The summed E-state index contributed by atoms with van der Waals surface area (Å²) in [5.41, 5.74) is 7.72. The highest BCUT2D eigenvalue weighted by atomic mass is 16.5. The van der Waals surface area contributed by atoms with Gasteiger partial charge in [-0.05, 0) is 18.6 Å². The Morgan fingerprint density at radius 2 is 2.10 bits per heavy atom. The smallest absolute Gasteiger partial charge is 0.225 e. The second-order valence-electron chi connectivity index (χ2n) is 5.04. The highest BCUT2D eigenvalue weighted by molar-refractivity contribution is 5.94. The Bertz CT molecular complexity index is 444. The summed E-state index contributed by atoms with van der Waals surface area (Å²) in [5.74, 6) is -0.0277. The second kappa shape index (κ2) is 7.26. The van der Waals surface area contributed by atoms with E-state index < -0.39 is 0 Å². The molecule has 110 valence electrons. The molecular weight excluding hydrogens is 254 g/mol.